The Hall–Kier alpha value is -0.160. The number of hydrogen-bond donors (Lipinski definition) is 1. The molecule has 3 aliphatic heterocycles. The summed E-state index contributed by atoms with van der Waals surface area (Å²) >= 11 is 0. The molecule has 3 saturated heterocycles. The molecule has 3 atom stereocenters. The van der Waals surface area contributed by atoms with Gasteiger partial charge in [0.2, 0.25) is 0 Å². The molecule has 4 heteroatoms. The molecule has 3 unspecified atom stereocenters. The highest BCUT2D eigenvalue weighted by atomic mass is 16.6. The Morgan fingerprint density at radius 3 is 3.06 bits per heavy atom. The minimum absolute atomic E-state index is 0.0526. The van der Waals surface area contributed by atoms with Crippen molar-refractivity contribution in [3.05, 3.63) is 0 Å². The Labute approximate surface area is 104 Å². The van der Waals surface area contributed by atoms with Gasteiger partial charge in [-0.05, 0) is 19.8 Å². The van der Waals surface area contributed by atoms with Gasteiger partial charge in [0.05, 0.1) is 12.2 Å². The van der Waals surface area contributed by atoms with E-state index >= 15 is 0 Å². The summed E-state index contributed by atoms with van der Waals surface area (Å²) < 4.78 is 11.5. The van der Waals surface area contributed by atoms with Crippen molar-refractivity contribution in [3.63, 3.8) is 0 Å². The third-order valence-corrected chi connectivity index (χ3v) is 4.45. The Bertz CT molecular complexity index is 266. The predicted molar refractivity (Wildman–Crippen MR) is 66.2 cm³/mol. The maximum atomic E-state index is 6.01. The van der Waals surface area contributed by atoms with Crippen molar-refractivity contribution in [1.82, 2.24) is 10.2 Å². The van der Waals surface area contributed by atoms with Crippen LogP contribution in [0.1, 0.15) is 26.2 Å². The van der Waals surface area contributed by atoms with Gasteiger partial charge in [-0.2, -0.15) is 0 Å². The summed E-state index contributed by atoms with van der Waals surface area (Å²) in [4.78, 5) is 2.66. The first kappa shape index (κ1) is 11.9. The van der Waals surface area contributed by atoms with Gasteiger partial charge in [0.25, 0.3) is 0 Å². The van der Waals surface area contributed by atoms with Gasteiger partial charge in [0.15, 0.2) is 0 Å². The maximum Gasteiger partial charge on any atom is 0.0951 e. The first-order chi connectivity index (χ1) is 8.27. The number of nitrogens with zero attached hydrogens (tertiary/aromatic N) is 1. The van der Waals surface area contributed by atoms with Crippen molar-refractivity contribution < 1.29 is 9.47 Å². The van der Waals surface area contributed by atoms with Crippen LogP contribution in [0.2, 0.25) is 0 Å². The monoisotopic (exact) mass is 240 g/mol. The van der Waals surface area contributed by atoms with Gasteiger partial charge in [0, 0.05) is 51.4 Å². The Morgan fingerprint density at radius 1 is 1.35 bits per heavy atom. The summed E-state index contributed by atoms with van der Waals surface area (Å²) in [7, 11) is 0. The Kier molecular flexibility index (Phi) is 3.39. The van der Waals surface area contributed by atoms with Gasteiger partial charge in [-0.3, -0.25) is 4.90 Å². The zero-order valence-electron chi connectivity index (χ0n) is 10.8. The van der Waals surface area contributed by atoms with Crippen LogP contribution >= 0.6 is 0 Å². The Morgan fingerprint density at radius 2 is 2.29 bits per heavy atom. The number of rotatable bonds is 1. The second-order valence-corrected chi connectivity index (χ2v) is 5.83. The molecular formula is C13H24N2O2. The van der Waals surface area contributed by atoms with Crippen LogP contribution in [-0.2, 0) is 9.47 Å². The molecule has 4 nitrogen and oxygen atoms in total. The van der Waals surface area contributed by atoms with E-state index in [0.29, 0.717) is 12.1 Å². The van der Waals surface area contributed by atoms with E-state index in [1.165, 1.54) is 25.9 Å². The molecule has 98 valence electrons. The number of ether oxygens (including phenoxy) is 2. The lowest BCUT2D eigenvalue weighted by molar-refractivity contribution is -0.108. The topological polar surface area (TPSA) is 33.7 Å². The standard InChI is InChI=1S/C13H24N2O2/c1-11-9-15(5-4-14-11)12-2-6-17-13(8-12)3-7-16-10-13/h11-12,14H,2-10H2,1H3. The zero-order chi connectivity index (χ0) is 11.7. The predicted octanol–water partition coefficient (Wildman–Crippen LogP) is 0.618. The number of piperazine rings is 1. The third-order valence-electron chi connectivity index (χ3n) is 4.45. The highest BCUT2D eigenvalue weighted by molar-refractivity contribution is 4.94. The van der Waals surface area contributed by atoms with Crippen molar-refractivity contribution in [1.29, 1.82) is 0 Å². The summed E-state index contributed by atoms with van der Waals surface area (Å²) in [6, 6.07) is 1.33. The number of nitrogens with one attached hydrogen (secondary N) is 1. The second-order valence-electron chi connectivity index (χ2n) is 5.83. The summed E-state index contributed by atoms with van der Waals surface area (Å²) in [6.45, 7) is 8.37. The molecule has 3 aliphatic rings. The molecule has 0 bridgehead atoms. The maximum absolute atomic E-state index is 6.01. The molecule has 0 radical (unpaired) electrons. The van der Waals surface area contributed by atoms with Gasteiger partial charge in [-0.15, -0.1) is 0 Å². The van der Waals surface area contributed by atoms with E-state index in [-0.39, 0.29) is 5.60 Å². The van der Waals surface area contributed by atoms with Gasteiger partial charge in [-0.25, -0.2) is 0 Å². The van der Waals surface area contributed by atoms with E-state index in [0.717, 1.165) is 32.8 Å². The van der Waals surface area contributed by atoms with Crippen LogP contribution in [-0.4, -0.2) is 62.0 Å². The quantitative estimate of drug-likeness (QED) is 0.728. The minimum Gasteiger partial charge on any atom is -0.378 e. The molecule has 0 aliphatic carbocycles. The highest BCUT2D eigenvalue weighted by Gasteiger charge is 2.42. The number of hydrogen-bond acceptors (Lipinski definition) is 4. The van der Waals surface area contributed by atoms with Gasteiger partial charge < -0.3 is 14.8 Å². The van der Waals surface area contributed by atoms with Crippen LogP contribution in [0.15, 0.2) is 0 Å². The van der Waals surface area contributed by atoms with E-state index in [9.17, 15) is 0 Å². The summed E-state index contributed by atoms with van der Waals surface area (Å²) in [5, 5.41) is 3.51. The normalized spacial score (nSPS) is 44.3. The van der Waals surface area contributed by atoms with Crippen LogP contribution < -0.4 is 5.32 Å². The molecule has 3 heterocycles. The first-order valence-corrected chi connectivity index (χ1v) is 6.97. The van der Waals surface area contributed by atoms with E-state index < -0.39 is 0 Å². The van der Waals surface area contributed by atoms with Crippen LogP contribution in [0.3, 0.4) is 0 Å². The first-order valence-electron chi connectivity index (χ1n) is 6.97. The van der Waals surface area contributed by atoms with Crippen molar-refractivity contribution in [2.24, 2.45) is 0 Å². The van der Waals surface area contributed by atoms with E-state index in [2.05, 4.69) is 17.1 Å². The molecule has 0 amide bonds. The molecule has 0 aromatic carbocycles. The third kappa shape index (κ3) is 2.50. The van der Waals surface area contributed by atoms with E-state index in [4.69, 9.17) is 9.47 Å². The summed E-state index contributed by atoms with van der Waals surface area (Å²) in [6.07, 6.45) is 3.44. The lowest BCUT2D eigenvalue weighted by atomic mass is 9.88. The lowest BCUT2D eigenvalue weighted by Crippen LogP contribution is -2.56. The average Bonchev–Trinajstić information content (AvgIpc) is 2.77. The molecule has 17 heavy (non-hydrogen) atoms. The molecule has 0 aromatic heterocycles. The highest BCUT2D eigenvalue weighted by Crippen LogP contribution is 2.34. The fourth-order valence-electron chi connectivity index (χ4n) is 3.47. The molecule has 0 saturated carbocycles. The average molecular weight is 240 g/mol. The smallest absolute Gasteiger partial charge is 0.0951 e. The van der Waals surface area contributed by atoms with Crippen LogP contribution in [0.25, 0.3) is 0 Å². The molecule has 1 N–H and O–H groups in total. The summed E-state index contributed by atoms with van der Waals surface area (Å²) in [5.41, 5.74) is 0.0526. The van der Waals surface area contributed by atoms with Crippen molar-refractivity contribution >= 4 is 0 Å². The Balaban J connectivity index is 1.62. The molecule has 3 fully saturated rings. The lowest BCUT2D eigenvalue weighted by Gasteiger charge is -2.44. The molecule has 1 spiro atoms. The minimum atomic E-state index is 0.0526. The molecule has 3 rings (SSSR count). The van der Waals surface area contributed by atoms with Crippen molar-refractivity contribution in [2.45, 2.75) is 43.9 Å². The summed E-state index contributed by atoms with van der Waals surface area (Å²) in [5.74, 6) is 0. The van der Waals surface area contributed by atoms with E-state index in [1.807, 2.05) is 0 Å². The van der Waals surface area contributed by atoms with E-state index in [1.54, 1.807) is 0 Å². The van der Waals surface area contributed by atoms with Crippen LogP contribution in [0, 0.1) is 0 Å². The fraction of sp³-hybridized carbons (Fsp3) is 1.00. The fourth-order valence-corrected chi connectivity index (χ4v) is 3.47. The van der Waals surface area contributed by atoms with Gasteiger partial charge in [-0.1, -0.05) is 0 Å². The molecule has 0 aromatic rings. The van der Waals surface area contributed by atoms with Crippen LogP contribution in [0.4, 0.5) is 0 Å². The van der Waals surface area contributed by atoms with Crippen molar-refractivity contribution in [2.75, 3.05) is 39.5 Å². The van der Waals surface area contributed by atoms with Crippen molar-refractivity contribution in [3.8, 4) is 0 Å². The SMILES string of the molecule is CC1CN(C2CCOC3(CCOC3)C2)CCN1. The second kappa shape index (κ2) is 4.84. The largest absolute Gasteiger partial charge is 0.378 e. The van der Waals surface area contributed by atoms with Gasteiger partial charge in [0.1, 0.15) is 0 Å². The zero-order valence-corrected chi connectivity index (χ0v) is 10.8. The molecular weight excluding hydrogens is 216 g/mol. The van der Waals surface area contributed by atoms with Crippen LogP contribution in [0.5, 0.6) is 0 Å². The van der Waals surface area contributed by atoms with Gasteiger partial charge >= 0.3 is 0 Å².